The van der Waals surface area contributed by atoms with Crippen LogP contribution < -0.4 is 5.32 Å². The van der Waals surface area contributed by atoms with Crippen molar-refractivity contribution in [2.24, 2.45) is 0 Å². The van der Waals surface area contributed by atoms with E-state index in [0.717, 1.165) is 25.8 Å². The molecule has 0 saturated heterocycles. The molecule has 9 nitrogen and oxygen atoms in total. The Kier molecular flexibility index (Phi) is 7.98. The maximum Gasteiger partial charge on any atom is 0.359 e. The number of rotatable bonds is 11. The highest BCUT2D eigenvalue weighted by Crippen LogP contribution is 2.30. The number of allylic oxidation sites excluding steroid dienone is 2. The van der Waals surface area contributed by atoms with Crippen LogP contribution in [0.1, 0.15) is 50.6 Å². The maximum atomic E-state index is 12.6. The number of fused-ring (bicyclic) bond motifs is 1. The fraction of sp³-hybridized carbons (Fsp3) is 0.500. The van der Waals surface area contributed by atoms with Crippen molar-refractivity contribution in [2.75, 3.05) is 33.2 Å². The van der Waals surface area contributed by atoms with E-state index in [2.05, 4.69) is 30.0 Å². The third-order valence-electron chi connectivity index (χ3n) is 3.64. The number of carbonyl (C=O) groups excluding carboxylic acids is 3. The van der Waals surface area contributed by atoms with Gasteiger partial charge in [0.25, 0.3) is 0 Å². The Bertz CT molecular complexity index is 700. The lowest BCUT2D eigenvalue weighted by molar-refractivity contribution is -0.276. The molecule has 0 saturated carbocycles. The summed E-state index contributed by atoms with van der Waals surface area (Å²) in [6.45, 7) is 1.14. The molecule has 0 spiro atoms. The SMILES string of the molecule is COOCNCCCCCSC1=CC(=O)c2[nH]nc(C(=O)OC)c2C1=O. The summed E-state index contributed by atoms with van der Waals surface area (Å²) in [7, 11) is 2.64. The molecule has 0 atom stereocenters. The number of unbranched alkanes of at least 4 members (excludes halogenated alkanes) is 2. The highest BCUT2D eigenvalue weighted by molar-refractivity contribution is 8.04. The summed E-state index contributed by atoms with van der Waals surface area (Å²) in [5.41, 5.74) is -0.130. The predicted molar refractivity (Wildman–Crippen MR) is 93.9 cm³/mol. The summed E-state index contributed by atoms with van der Waals surface area (Å²) in [5, 5.41) is 9.24. The molecule has 2 N–H and O–H groups in total. The normalized spacial score (nSPS) is 13.5. The van der Waals surface area contributed by atoms with Gasteiger partial charge in [-0.05, 0) is 25.1 Å². The zero-order valence-corrected chi connectivity index (χ0v) is 15.4. The van der Waals surface area contributed by atoms with Crippen molar-refractivity contribution in [1.82, 2.24) is 15.5 Å². The Morgan fingerprint density at radius 1 is 1.27 bits per heavy atom. The molecule has 10 heteroatoms. The highest BCUT2D eigenvalue weighted by atomic mass is 32.2. The van der Waals surface area contributed by atoms with Gasteiger partial charge < -0.3 is 4.74 Å². The highest BCUT2D eigenvalue weighted by Gasteiger charge is 2.34. The van der Waals surface area contributed by atoms with Crippen LogP contribution in [-0.2, 0) is 14.5 Å². The minimum absolute atomic E-state index is 0.00538. The van der Waals surface area contributed by atoms with Crippen molar-refractivity contribution in [1.29, 1.82) is 0 Å². The number of thioether (sulfide) groups is 1. The molecule has 142 valence electrons. The van der Waals surface area contributed by atoms with Crippen LogP contribution in [0, 0.1) is 0 Å². The Morgan fingerprint density at radius 3 is 2.81 bits per heavy atom. The molecule has 0 fully saturated rings. The molecule has 1 aromatic rings. The minimum atomic E-state index is -0.750. The molecule has 26 heavy (non-hydrogen) atoms. The number of aromatic nitrogens is 2. The fourth-order valence-electron chi connectivity index (χ4n) is 2.36. The summed E-state index contributed by atoms with van der Waals surface area (Å²) in [5.74, 6) is -0.802. The Hall–Kier alpha value is -2.01. The second-order valence-electron chi connectivity index (χ2n) is 5.35. The number of esters is 1. The van der Waals surface area contributed by atoms with E-state index in [0.29, 0.717) is 17.4 Å². The standard InChI is InChI=1S/C16H21N3O6S/c1-23-16(22)14-12-13(18-19-14)10(20)8-11(15(12)21)26-7-5-3-4-6-17-9-25-24-2/h8,17H,3-7,9H2,1-2H3,(H,18,19). The fourth-order valence-corrected chi connectivity index (χ4v) is 3.35. The number of H-pyrrole nitrogens is 1. The van der Waals surface area contributed by atoms with Crippen LogP contribution in [0.4, 0.5) is 0 Å². The third-order valence-corrected chi connectivity index (χ3v) is 4.75. The molecule has 1 aromatic heterocycles. The van der Waals surface area contributed by atoms with E-state index >= 15 is 0 Å². The van der Waals surface area contributed by atoms with Crippen LogP contribution in [0.2, 0.25) is 0 Å². The van der Waals surface area contributed by atoms with E-state index in [1.165, 1.54) is 32.1 Å². The second-order valence-corrected chi connectivity index (χ2v) is 6.49. The number of hydrogen-bond donors (Lipinski definition) is 2. The summed E-state index contributed by atoms with van der Waals surface area (Å²) in [6, 6.07) is 0. The van der Waals surface area contributed by atoms with Crippen LogP contribution in [0.15, 0.2) is 11.0 Å². The zero-order chi connectivity index (χ0) is 18.9. The summed E-state index contributed by atoms with van der Waals surface area (Å²) >= 11 is 1.31. The minimum Gasteiger partial charge on any atom is -0.464 e. The number of aromatic amines is 1. The number of ether oxygens (including phenoxy) is 1. The molecule has 0 unspecified atom stereocenters. The van der Waals surface area contributed by atoms with Crippen molar-refractivity contribution in [3.8, 4) is 0 Å². The van der Waals surface area contributed by atoms with Gasteiger partial charge in [0.1, 0.15) is 12.4 Å². The molecular weight excluding hydrogens is 362 g/mol. The number of nitrogens with one attached hydrogen (secondary N) is 2. The molecule has 0 aliphatic heterocycles. The first-order valence-corrected chi connectivity index (χ1v) is 9.05. The van der Waals surface area contributed by atoms with Gasteiger partial charge in [0.15, 0.2) is 5.69 Å². The lowest BCUT2D eigenvalue weighted by atomic mass is 9.99. The number of Topliss-reactive ketones (excluding diaryl/α,β-unsaturated/α-hetero) is 1. The summed E-state index contributed by atoms with van der Waals surface area (Å²) in [6.07, 6.45) is 4.10. The second kappa shape index (κ2) is 10.2. The number of hydrogen-bond acceptors (Lipinski definition) is 9. The van der Waals surface area contributed by atoms with Crippen molar-refractivity contribution < 1.29 is 28.9 Å². The maximum absolute atomic E-state index is 12.6. The first-order chi connectivity index (χ1) is 12.6. The van der Waals surface area contributed by atoms with E-state index in [1.807, 2.05) is 0 Å². The molecule has 1 aliphatic rings. The first kappa shape index (κ1) is 20.3. The van der Waals surface area contributed by atoms with Gasteiger partial charge in [0.05, 0.1) is 24.7 Å². The van der Waals surface area contributed by atoms with Gasteiger partial charge in [-0.3, -0.25) is 20.0 Å². The van der Waals surface area contributed by atoms with Gasteiger partial charge in [0.2, 0.25) is 11.6 Å². The summed E-state index contributed by atoms with van der Waals surface area (Å²) < 4.78 is 4.61. The van der Waals surface area contributed by atoms with Crippen molar-refractivity contribution >= 4 is 29.3 Å². The van der Waals surface area contributed by atoms with Crippen molar-refractivity contribution in [3.63, 3.8) is 0 Å². The van der Waals surface area contributed by atoms with E-state index in [-0.39, 0.29) is 28.5 Å². The van der Waals surface area contributed by atoms with Gasteiger partial charge in [-0.1, -0.05) is 6.42 Å². The third kappa shape index (κ3) is 5.01. The summed E-state index contributed by atoms with van der Waals surface area (Å²) in [4.78, 5) is 45.9. The van der Waals surface area contributed by atoms with Crippen LogP contribution in [0.3, 0.4) is 0 Å². The average molecular weight is 383 g/mol. The number of methoxy groups -OCH3 is 1. The van der Waals surface area contributed by atoms with Gasteiger partial charge in [-0.15, -0.1) is 11.8 Å². The number of carbonyl (C=O) groups is 3. The zero-order valence-electron chi connectivity index (χ0n) is 14.6. The molecule has 1 aliphatic carbocycles. The molecule has 2 rings (SSSR count). The van der Waals surface area contributed by atoms with E-state index in [9.17, 15) is 14.4 Å². The topological polar surface area (TPSA) is 120 Å². The Morgan fingerprint density at radius 2 is 2.08 bits per heavy atom. The quantitative estimate of drug-likeness (QED) is 0.192. The van der Waals surface area contributed by atoms with E-state index < -0.39 is 5.97 Å². The van der Waals surface area contributed by atoms with Gasteiger partial charge >= 0.3 is 5.97 Å². The largest absolute Gasteiger partial charge is 0.464 e. The van der Waals surface area contributed by atoms with Crippen LogP contribution in [0.25, 0.3) is 0 Å². The Balaban J connectivity index is 1.82. The monoisotopic (exact) mass is 383 g/mol. The molecule has 0 aromatic carbocycles. The number of ketones is 2. The molecule has 0 bridgehead atoms. The average Bonchev–Trinajstić information content (AvgIpc) is 3.09. The molecule has 0 radical (unpaired) electrons. The van der Waals surface area contributed by atoms with Crippen molar-refractivity contribution in [2.45, 2.75) is 19.3 Å². The van der Waals surface area contributed by atoms with Gasteiger partial charge in [0, 0.05) is 6.08 Å². The van der Waals surface area contributed by atoms with Crippen LogP contribution in [0.5, 0.6) is 0 Å². The number of nitrogens with zero attached hydrogens (tertiary/aromatic N) is 1. The molecular formula is C16H21N3O6S. The lowest BCUT2D eigenvalue weighted by Crippen LogP contribution is -2.19. The van der Waals surface area contributed by atoms with Crippen LogP contribution >= 0.6 is 11.8 Å². The van der Waals surface area contributed by atoms with Gasteiger partial charge in [-0.25, -0.2) is 14.6 Å². The lowest BCUT2D eigenvalue weighted by Gasteiger charge is -2.11. The van der Waals surface area contributed by atoms with E-state index in [1.54, 1.807) is 0 Å². The van der Waals surface area contributed by atoms with Crippen molar-refractivity contribution in [3.05, 3.63) is 27.9 Å². The first-order valence-electron chi connectivity index (χ1n) is 8.06. The molecule has 0 amide bonds. The van der Waals surface area contributed by atoms with E-state index in [4.69, 9.17) is 0 Å². The van der Waals surface area contributed by atoms with Crippen LogP contribution in [-0.4, -0.2) is 61.0 Å². The smallest absolute Gasteiger partial charge is 0.359 e. The molecule has 1 heterocycles. The van der Waals surface area contributed by atoms with Gasteiger partial charge in [-0.2, -0.15) is 5.10 Å². The predicted octanol–water partition coefficient (Wildman–Crippen LogP) is 1.49. The Labute approximate surface area is 154 Å².